The zero-order chi connectivity index (χ0) is 18.1. The minimum atomic E-state index is 0.216. The molecule has 3 aromatic carbocycles. The quantitative estimate of drug-likeness (QED) is 0.530. The number of phenolic OH excluding ortho intramolecular Hbond substituents is 3. The van der Waals surface area contributed by atoms with E-state index in [1.165, 1.54) is 0 Å². The van der Waals surface area contributed by atoms with Gasteiger partial charge in [0.2, 0.25) is 0 Å². The van der Waals surface area contributed by atoms with E-state index in [4.69, 9.17) is 5.11 Å². The predicted octanol–water partition coefficient (Wildman–Crippen LogP) is 5.79. The third-order valence-corrected chi connectivity index (χ3v) is 3.40. The van der Waals surface area contributed by atoms with E-state index in [0.29, 0.717) is 11.7 Å². The van der Waals surface area contributed by atoms with Crippen LogP contribution in [-0.2, 0) is 0 Å². The van der Waals surface area contributed by atoms with Gasteiger partial charge in [0.15, 0.2) is 0 Å². The van der Waals surface area contributed by atoms with Gasteiger partial charge in [0.1, 0.15) is 17.2 Å². The van der Waals surface area contributed by atoms with Crippen LogP contribution in [0.1, 0.15) is 39.2 Å². The third-order valence-electron chi connectivity index (χ3n) is 3.40. The Kier molecular flexibility index (Phi) is 7.63. The Morgan fingerprint density at radius 1 is 0.708 bits per heavy atom. The van der Waals surface area contributed by atoms with Crippen molar-refractivity contribution in [1.29, 1.82) is 0 Å². The molecule has 0 amide bonds. The van der Waals surface area contributed by atoms with Crippen molar-refractivity contribution >= 4 is 10.8 Å². The average molecular weight is 326 g/mol. The lowest BCUT2D eigenvalue weighted by Gasteiger charge is -2.05. The van der Waals surface area contributed by atoms with Crippen LogP contribution in [0.4, 0.5) is 0 Å². The number of hydrogen-bond acceptors (Lipinski definition) is 3. The van der Waals surface area contributed by atoms with Crippen molar-refractivity contribution in [2.24, 2.45) is 0 Å². The molecule has 0 bridgehead atoms. The molecule has 0 spiro atoms. The topological polar surface area (TPSA) is 60.7 Å². The highest BCUT2D eigenvalue weighted by atomic mass is 16.3. The zero-order valence-electron chi connectivity index (χ0n) is 14.7. The van der Waals surface area contributed by atoms with Gasteiger partial charge < -0.3 is 15.3 Å². The summed E-state index contributed by atoms with van der Waals surface area (Å²) < 4.78 is 0. The van der Waals surface area contributed by atoms with Crippen LogP contribution in [0.25, 0.3) is 10.8 Å². The molecule has 3 N–H and O–H groups in total. The lowest BCUT2D eigenvalue weighted by molar-refractivity contribution is 0.465. The first kappa shape index (κ1) is 19.4. The molecule has 3 heteroatoms. The molecule has 24 heavy (non-hydrogen) atoms. The zero-order valence-corrected chi connectivity index (χ0v) is 14.7. The number of rotatable bonds is 1. The van der Waals surface area contributed by atoms with Crippen molar-refractivity contribution in [3.05, 3.63) is 66.2 Å². The van der Waals surface area contributed by atoms with Gasteiger partial charge in [0.25, 0.3) is 0 Å². The van der Waals surface area contributed by atoms with E-state index in [9.17, 15) is 10.2 Å². The maximum Gasteiger partial charge on any atom is 0.123 e. The molecule has 0 unspecified atom stereocenters. The second-order valence-electron chi connectivity index (χ2n) is 5.40. The second kappa shape index (κ2) is 9.46. The Morgan fingerprint density at radius 2 is 1.33 bits per heavy atom. The summed E-state index contributed by atoms with van der Waals surface area (Å²) >= 11 is 0. The van der Waals surface area contributed by atoms with E-state index in [-0.39, 0.29) is 11.5 Å². The molecule has 3 aromatic rings. The van der Waals surface area contributed by atoms with Crippen LogP contribution in [-0.4, -0.2) is 15.3 Å². The number of fused-ring (bicyclic) bond motifs is 1. The van der Waals surface area contributed by atoms with Gasteiger partial charge in [-0.15, -0.1) is 0 Å². The van der Waals surface area contributed by atoms with Crippen molar-refractivity contribution in [2.45, 2.75) is 33.6 Å². The summed E-state index contributed by atoms with van der Waals surface area (Å²) in [5.74, 6) is 1.26. The highest BCUT2D eigenvalue weighted by Gasteiger charge is 2.02. The van der Waals surface area contributed by atoms with Gasteiger partial charge in [-0.2, -0.15) is 0 Å². The van der Waals surface area contributed by atoms with Crippen LogP contribution in [0.3, 0.4) is 0 Å². The van der Waals surface area contributed by atoms with Crippen molar-refractivity contribution in [1.82, 2.24) is 0 Å². The van der Waals surface area contributed by atoms with Gasteiger partial charge in [-0.3, -0.25) is 0 Å². The van der Waals surface area contributed by atoms with Crippen LogP contribution in [0.2, 0.25) is 0 Å². The summed E-state index contributed by atoms with van der Waals surface area (Å²) in [7, 11) is 0. The summed E-state index contributed by atoms with van der Waals surface area (Å²) in [6.45, 7) is 8.13. The number of para-hydroxylation sites is 1. The fourth-order valence-electron chi connectivity index (χ4n) is 2.23. The first-order chi connectivity index (χ1) is 11.5. The minimum Gasteiger partial charge on any atom is -0.508 e. The molecule has 0 heterocycles. The number of hydrogen-bond donors (Lipinski definition) is 3. The smallest absolute Gasteiger partial charge is 0.123 e. The molecule has 128 valence electrons. The summed E-state index contributed by atoms with van der Waals surface area (Å²) in [5.41, 5.74) is 1.02. The number of aromatic hydroxyl groups is 3. The summed E-state index contributed by atoms with van der Waals surface area (Å²) in [6.07, 6.45) is 0. The molecule has 0 aliphatic heterocycles. The third kappa shape index (κ3) is 5.20. The minimum absolute atomic E-state index is 0.216. The van der Waals surface area contributed by atoms with Gasteiger partial charge in [-0.05, 0) is 47.2 Å². The molecule has 0 fully saturated rings. The Bertz CT molecular complexity index is 764. The van der Waals surface area contributed by atoms with Gasteiger partial charge >= 0.3 is 0 Å². The molecule has 0 saturated heterocycles. The van der Waals surface area contributed by atoms with Crippen molar-refractivity contribution in [2.75, 3.05) is 0 Å². The summed E-state index contributed by atoms with van der Waals surface area (Å²) in [4.78, 5) is 0. The number of phenols is 3. The maximum absolute atomic E-state index is 9.38. The second-order valence-corrected chi connectivity index (χ2v) is 5.40. The molecule has 3 nitrogen and oxygen atoms in total. The van der Waals surface area contributed by atoms with E-state index in [1.54, 1.807) is 36.4 Å². The fourth-order valence-corrected chi connectivity index (χ4v) is 2.23. The monoisotopic (exact) mass is 326 g/mol. The van der Waals surface area contributed by atoms with Crippen molar-refractivity contribution in [3.8, 4) is 17.2 Å². The standard InChI is InChI=1S/C10H8O2.C9H12O.C2H6/c11-8-4-5-9-7(6-8)2-1-3-10(9)12;1-7(2)8-5-3-4-6-9(8)10;1-2/h1-6,11-12H;3-7,10H,1-2H3;1-2H3. The fraction of sp³-hybridized carbons (Fsp3) is 0.238. The van der Waals surface area contributed by atoms with Crippen LogP contribution in [0.15, 0.2) is 60.7 Å². The molecule has 0 aliphatic carbocycles. The van der Waals surface area contributed by atoms with Gasteiger partial charge in [0, 0.05) is 5.39 Å². The highest BCUT2D eigenvalue weighted by molar-refractivity contribution is 5.88. The van der Waals surface area contributed by atoms with Crippen molar-refractivity contribution in [3.63, 3.8) is 0 Å². The molecule has 0 atom stereocenters. The lowest BCUT2D eigenvalue weighted by Crippen LogP contribution is -1.85. The maximum atomic E-state index is 9.38. The first-order valence-corrected chi connectivity index (χ1v) is 8.17. The Labute approximate surface area is 143 Å². The Morgan fingerprint density at radius 3 is 1.92 bits per heavy atom. The largest absolute Gasteiger partial charge is 0.508 e. The van der Waals surface area contributed by atoms with E-state index < -0.39 is 0 Å². The molecule has 0 aliphatic rings. The van der Waals surface area contributed by atoms with E-state index in [1.807, 2.05) is 38.1 Å². The van der Waals surface area contributed by atoms with E-state index in [0.717, 1.165) is 16.3 Å². The van der Waals surface area contributed by atoms with Crippen LogP contribution in [0.5, 0.6) is 17.2 Å². The molecule has 0 saturated carbocycles. The predicted molar refractivity (Wildman–Crippen MR) is 101 cm³/mol. The highest BCUT2D eigenvalue weighted by Crippen LogP contribution is 2.26. The average Bonchev–Trinajstić information content (AvgIpc) is 2.57. The molecule has 0 radical (unpaired) electrons. The van der Waals surface area contributed by atoms with Crippen LogP contribution in [0, 0.1) is 0 Å². The van der Waals surface area contributed by atoms with Gasteiger partial charge in [-0.1, -0.05) is 58.0 Å². The lowest BCUT2D eigenvalue weighted by atomic mass is 10.0. The molecular formula is C21H26O3. The Hall–Kier alpha value is -2.68. The molecule has 3 rings (SSSR count). The molecule has 0 aromatic heterocycles. The van der Waals surface area contributed by atoms with Gasteiger partial charge in [0.05, 0.1) is 0 Å². The summed E-state index contributed by atoms with van der Waals surface area (Å²) in [5, 5.41) is 29.4. The summed E-state index contributed by atoms with van der Waals surface area (Å²) in [6, 6.07) is 17.5. The first-order valence-electron chi connectivity index (χ1n) is 8.17. The number of benzene rings is 3. The van der Waals surface area contributed by atoms with E-state index >= 15 is 0 Å². The molecular weight excluding hydrogens is 300 g/mol. The van der Waals surface area contributed by atoms with E-state index in [2.05, 4.69) is 13.8 Å². The van der Waals surface area contributed by atoms with Crippen molar-refractivity contribution < 1.29 is 15.3 Å². The van der Waals surface area contributed by atoms with Crippen LogP contribution >= 0.6 is 0 Å². The van der Waals surface area contributed by atoms with Gasteiger partial charge in [-0.25, -0.2) is 0 Å². The SMILES string of the molecule is CC.CC(C)c1ccccc1O.Oc1ccc2c(O)cccc2c1. The normalized spacial score (nSPS) is 9.71. The Balaban J connectivity index is 0.000000221. The van der Waals surface area contributed by atoms with Crippen LogP contribution < -0.4 is 0 Å².